The fraction of sp³-hybridized carbons (Fsp3) is 0.233. The maximum absolute atomic E-state index is 13.0. The number of para-hydroxylation sites is 2. The second-order valence-electron chi connectivity index (χ2n) is 9.58. The largest absolute Gasteiger partial charge is 0.495 e. The maximum Gasteiger partial charge on any atom is 0.226 e. The van der Waals surface area contributed by atoms with E-state index in [2.05, 4.69) is 38.1 Å². The zero-order valence-corrected chi connectivity index (χ0v) is 24.6. The molecule has 0 saturated carbocycles. The summed E-state index contributed by atoms with van der Waals surface area (Å²) in [6.45, 7) is 4.52. The van der Waals surface area contributed by atoms with Crippen molar-refractivity contribution < 1.29 is 9.53 Å². The SMILES string of the molecule is COc1ccccc1NC(=O)CCN1C(=S)N[C@@H](c2ccccn2)[C@@H]1c1cc(C)n(-c2ccc(Cl)cc2Cl)c1C. The van der Waals surface area contributed by atoms with Crippen molar-refractivity contribution in [1.82, 2.24) is 19.8 Å². The van der Waals surface area contributed by atoms with E-state index in [1.54, 1.807) is 19.4 Å². The van der Waals surface area contributed by atoms with Gasteiger partial charge in [-0.2, -0.15) is 0 Å². The molecule has 2 aromatic carbocycles. The van der Waals surface area contributed by atoms with Crippen LogP contribution < -0.4 is 15.4 Å². The first-order valence-corrected chi connectivity index (χ1v) is 14.0. The average Bonchev–Trinajstić information content (AvgIpc) is 3.42. The first-order chi connectivity index (χ1) is 19.3. The number of nitrogens with one attached hydrogen (secondary N) is 2. The lowest BCUT2D eigenvalue weighted by atomic mass is 9.96. The van der Waals surface area contributed by atoms with Crippen LogP contribution in [0.15, 0.2) is 72.9 Å². The summed E-state index contributed by atoms with van der Waals surface area (Å²) in [5, 5.41) is 8.13. The smallest absolute Gasteiger partial charge is 0.226 e. The number of methoxy groups -OCH3 is 1. The Labute approximate surface area is 249 Å². The van der Waals surface area contributed by atoms with Crippen molar-refractivity contribution in [2.45, 2.75) is 32.4 Å². The van der Waals surface area contributed by atoms with Crippen molar-refractivity contribution in [1.29, 1.82) is 0 Å². The fourth-order valence-electron chi connectivity index (χ4n) is 5.29. The van der Waals surface area contributed by atoms with E-state index in [4.69, 9.17) is 40.2 Å². The van der Waals surface area contributed by atoms with Crippen LogP contribution in [0.25, 0.3) is 5.69 Å². The van der Waals surface area contributed by atoms with Gasteiger partial charge in [-0.3, -0.25) is 9.78 Å². The first kappa shape index (κ1) is 28.0. The zero-order chi connectivity index (χ0) is 28.4. The molecule has 2 atom stereocenters. The molecule has 7 nitrogen and oxygen atoms in total. The Hall–Kier alpha value is -3.59. The highest BCUT2D eigenvalue weighted by Gasteiger charge is 2.41. The molecule has 0 spiro atoms. The number of pyridine rings is 1. The third-order valence-electron chi connectivity index (χ3n) is 7.10. The number of hydrogen-bond donors (Lipinski definition) is 2. The third-order valence-corrected chi connectivity index (χ3v) is 7.99. The summed E-state index contributed by atoms with van der Waals surface area (Å²) in [4.78, 5) is 19.7. The highest BCUT2D eigenvalue weighted by molar-refractivity contribution is 7.80. The van der Waals surface area contributed by atoms with Gasteiger partial charge in [-0.25, -0.2) is 0 Å². The van der Waals surface area contributed by atoms with Crippen LogP contribution in [0, 0.1) is 13.8 Å². The van der Waals surface area contributed by atoms with E-state index >= 15 is 0 Å². The van der Waals surface area contributed by atoms with E-state index in [9.17, 15) is 4.79 Å². The minimum Gasteiger partial charge on any atom is -0.495 e. The number of amides is 1. The number of hydrogen-bond acceptors (Lipinski definition) is 4. The second kappa shape index (κ2) is 11.9. The van der Waals surface area contributed by atoms with Gasteiger partial charge in [0.05, 0.1) is 41.3 Å². The molecule has 2 aromatic heterocycles. The molecular weight excluding hydrogens is 565 g/mol. The van der Waals surface area contributed by atoms with Crippen LogP contribution in [0.4, 0.5) is 5.69 Å². The first-order valence-electron chi connectivity index (χ1n) is 12.8. The number of thiocarbonyl (C=S) groups is 1. The Bertz CT molecular complexity index is 1560. The molecule has 1 fully saturated rings. The molecule has 206 valence electrons. The number of aromatic nitrogens is 2. The molecule has 0 aliphatic carbocycles. The van der Waals surface area contributed by atoms with Gasteiger partial charge in [0.2, 0.25) is 5.91 Å². The minimum absolute atomic E-state index is 0.134. The highest BCUT2D eigenvalue weighted by atomic mass is 35.5. The summed E-state index contributed by atoms with van der Waals surface area (Å²) in [7, 11) is 1.58. The van der Waals surface area contributed by atoms with Gasteiger partial charge < -0.3 is 24.8 Å². The van der Waals surface area contributed by atoms with Crippen molar-refractivity contribution in [2.24, 2.45) is 0 Å². The van der Waals surface area contributed by atoms with Crippen molar-refractivity contribution >= 4 is 52.1 Å². The van der Waals surface area contributed by atoms with E-state index in [0.717, 1.165) is 28.3 Å². The van der Waals surface area contributed by atoms with Crippen LogP contribution in [0.5, 0.6) is 5.75 Å². The van der Waals surface area contributed by atoms with Crippen LogP contribution in [0.1, 0.15) is 41.1 Å². The predicted octanol–water partition coefficient (Wildman–Crippen LogP) is 6.81. The normalized spacial score (nSPS) is 16.6. The number of nitrogens with zero attached hydrogens (tertiary/aromatic N) is 3. The Balaban J connectivity index is 1.48. The van der Waals surface area contributed by atoms with Gasteiger partial charge in [0, 0.05) is 35.6 Å². The Morgan fingerprint density at radius 2 is 1.88 bits per heavy atom. The van der Waals surface area contributed by atoms with E-state index in [-0.39, 0.29) is 24.4 Å². The van der Waals surface area contributed by atoms with Crippen LogP contribution in [0.3, 0.4) is 0 Å². The lowest BCUT2D eigenvalue weighted by Gasteiger charge is -2.28. The lowest BCUT2D eigenvalue weighted by Crippen LogP contribution is -2.33. The van der Waals surface area contributed by atoms with Gasteiger partial charge in [-0.15, -0.1) is 0 Å². The molecule has 3 heterocycles. The molecule has 0 radical (unpaired) electrons. The summed E-state index contributed by atoms with van der Waals surface area (Å²) in [6, 6.07) is 20.4. The molecule has 1 aliphatic rings. The number of halogens is 2. The van der Waals surface area contributed by atoms with Gasteiger partial charge >= 0.3 is 0 Å². The Morgan fingerprint density at radius 1 is 1.10 bits per heavy atom. The second-order valence-corrected chi connectivity index (χ2v) is 10.8. The van der Waals surface area contributed by atoms with Crippen molar-refractivity contribution in [3.63, 3.8) is 0 Å². The zero-order valence-electron chi connectivity index (χ0n) is 22.3. The van der Waals surface area contributed by atoms with E-state index < -0.39 is 0 Å². The van der Waals surface area contributed by atoms with Crippen molar-refractivity contribution in [2.75, 3.05) is 19.0 Å². The molecule has 1 aliphatic heterocycles. The van der Waals surface area contributed by atoms with Gasteiger partial charge in [0.25, 0.3) is 0 Å². The summed E-state index contributed by atoms with van der Waals surface area (Å²) in [5.41, 5.74) is 5.44. The standard InChI is InChI=1S/C30H29Cl2N5O2S/c1-18-16-21(19(2)37(18)25-12-11-20(31)17-22(25)32)29-28(24-9-6-7-14-33-24)35-30(40)36(29)15-13-27(38)34-23-8-4-5-10-26(23)39-3/h4-12,14,16-17,28-29H,13,15H2,1-3H3,(H,34,38)(H,35,40)/t28-,29-/m0/s1. The lowest BCUT2D eigenvalue weighted by molar-refractivity contribution is -0.116. The summed E-state index contributed by atoms with van der Waals surface area (Å²) >= 11 is 18.6. The highest BCUT2D eigenvalue weighted by Crippen LogP contribution is 2.42. The summed E-state index contributed by atoms with van der Waals surface area (Å²) < 4.78 is 7.50. The van der Waals surface area contributed by atoms with Crippen LogP contribution >= 0.6 is 35.4 Å². The number of ether oxygens (including phenoxy) is 1. The van der Waals surface area contributed by atoms with Crippen molar-refractivity contribution in [3.8, 4) is 11.4 Å². The number of carbonyl (C=O) groups excluding carboxylic acids is 1. The van der Waals surface area contributed by atoms with E-state index in [0.29, 0.717) is 33.1 Å². The molecule has 0 unspecified atom stereocenters. The number of anilines is 1. The molecule has 2 N–H and O–H groups in total. The van der Waals surface area contributed by atoms with Crippen LogP contribution in [-0.2, 0) is 4.79 Å². The minimum atomic E-state index is -0.208. The van der Waals surface area contributed by atoms with Crippen molar-refractivity contribution in [3.05, 3.63) is 106 Å². The van der Waals surface area contributed by atoms with Gasteiger partial charge in [0.1, 0.15) is 5.75 Å². The summed E-state index contributed by atoms with van der Waals surface area (Å²) in [6.07, 6.45) is 2.00. The Morgan fingerprint density at radius 3 is 2.60 bits per heavy atom. The monoisotopic (exact) mass is 593 g/mol. The molecule has 1 amide bonds. The number of benzene rings is 2. The molecule has 40 heavy (non-hydrogen) atoms. The quantitative estimate of drug-likeness (QED) is 0.219. The molecule has 4 aromatic rings. The number of aryl methyl sites for hydroxylation is 1. The van der Waals surface area contributed by atoms with Crippen LogP contribution in [0.2, 0.25) is 10.0 Å². The topological polar surface area (TPSA) is 71.4 Å². The average molecular weight is 595 g/mol. The van der Waals surface area contributed by atoms with Gasteiger partial charge in [-0.1, -0.05) is 41.4 Å². The maximum atomic E-state index is 13.0. The molecule has 1 saturated heterocycles. The van der Waals surface area contributed by atoms with Gasteiger partial charge in [0.15, 0.2) is 5.11 Å². The number of rotatable bonds is 8. The predicted molar refractivity (Wildman–Crippen MR) is 164 cm³/mol. The molecule has 5 rings (SSSR count). The number of carbonyl (C=O) groups is 1. The molecular formula is C30H29Cl2N5O2S. The van der Waals surface area contributed by atoms with Gasteiger partial charge in [-0.05, 0) is 80.2 Å². The Kier molecular flexibility index (Phi) is 8.30. The third kappa shape index (κ3) is 5.52. The van der Waals surface area contributed by atoms with E-state index in [1.807, 2.05) is 61.5 Å². The fourth-order valence-corrected chi connectivity index (χ4v) is 6.11. The van der Waals surface area contributed by atoms with E-state index in [1.165, 1.54) is 0 Å². The summed E-state index contributed by atoms with van der Waals surface area (Å²) in [5.74, 6) is 0.473. The van der Waals surface area contributed by atoms with Crippen LogP contribution in [-0.4, -0.2) is 39.1 Å². The molecule has 10 heteroatoms. The molecule has 0 bridgehead atoms.